The van der Waals surface area contributed by atoms with Crippen molar-refractivity contribution in [1.82, 2.24) is 0 Å². The van der Waals surface area contributed by atoms with E-state index in [0.29, 0.717) is 0 Å². The number of methoxy groups -OCH3 is 1. The molecule has 2 heteroatoms. The minimum absolute atomic E-state index is 0.0532. The zero-order valence-electron chi connectivity index (χ0n) is 11.7. The molecule has 1 unspecified atom stereocenters. The van der Waals surface area contributed by atoms with Crippen molar-refractivity contribution in [2.24, 2.45) is 0 Å². The fourth-order valence-electron chi connectivity index (χ4n) is 3.12. The minimum atomic E-state index is 0.0532. The predicted molar refractivity (Wildman–Crippen MR) is 79.2 cm³/mol. The Balaban J connectivity index is 2.08. The standard InChI is InChI=1S/C17H19NO/c1-17(13-8-10-14(19-3)11-9-13)12-18(2)16-7-5-4-6-15(16)17/h4-11H,12H2,1-3H3. The third-order valence-corrected chi connectivity index (χ3v) is 4.19. The van der Waals surface area contributed by atoms with Gasteiger partial charge in [-0.15, -0.1) is 0 Å². The van der Waals surface area contributed by atoms with Crippen LogP contribution >= 0.6 is 0 Å². The number of hydrogen-bond donors (Lipinski definition) is 0. The van der Waals surface area contributed by atoms with Crippen molar-refractivity contribution in [1.29, 1.82) is 0 Å². The molecule has 2 nitrogen and oxygen atoms in total. The molecule has 1 aliphatic heterocycles. The van der Waals surface area contributed by atoms with Crippen LogP contribution in [-0.2, 0) is 5.41 Å². The Bertz CT molecular complexity index is 590. The van der Waals surface area contributed by atoms with E-state index < -0.39 is 0 Å². The van der Waals surface area contributed by atoms with Crippen LogP contribution in [0.15, 0.2) is 48.5 Å². The first kappa shape index (κ1) is 12.1. The average molecular weight is 253 g/mol. The van der Waals surface area contributed by atoms with Gasteiger partial charge in [-0.05, 0) is 36.2 Å². The molecule has 0 saturated heterocycles. The van der Waals surface area contributed by atoms with Gasteiger partial charge in [-0.2, -0.15) is 0 Å². The fraction of sp³-hybridized carbons (Fsp3) is 0.294. The van der Waals surface area contributed by atoms with Crippen molar-refractivity contribution < 1.29 is 4.74 Å². The second-order valence-electron chi connectivity index (χ2n) is 5.43. The number of fused-ring (bicyclic) bond motifs is 1. The van der Waals surface area contributed by atoms with Crippen molar-refractivity contribution in [2.75, 3.05) is 25.6 Å². The van der Waals surface area contributed by atoms with Gasteiger partial charge in [0, 0.05) is 24.7 Å². The smallest absolute Gasteiger partial charge is 0.118 e. The first-order valence-electron chi connectivity index (χ1n) is 6.60. The Labute approximate surface area is 114 Å². The van der Waals surface area contributed by atoms with E-state index >= 15 is 0 Å². The zero-order chi connectivity index (χ0) is 13.5. The Morgan fingerprint density at radius 3 is 2.42 bits per heavy atom. The molecule has 2 aromatic rings. The van der Waals surface area contributed by atoms with Gasteiger partial charge in [-0.25, -0.2) is 0 Å². The number of para-hydroxylation sites is 1. The Kier molecular flexibility index (Phi) is 2.74. The van der Waals surface area contributed by atoms with E-state index in [1.807, 2.05) is 12.1 Å². The number of nitrogens with zero attached hydrogens (tertiary/aromatic N) is 1. The molecule has 0 saturated carbocycles. The number of rotatable bonds is 2. The maximum absolute atomic E-state index is 5.24. The van der Waals surface area contributed by atoms with Crippen LogP contribution in [0.5, 0.6) is 5.75 Å². The van der Waals surface area contributed by atoms with Crippen LogP contribution in [0.25, 0.3) is 0 Å². The summed E-state index contributed by atoms with van der Waals surface area (Å²) in [6.07, 6.45) is 0. The van der Waals surface area contributed by atoms with Crippen LogP contribution in [-0.4, -0.2) is 20.7 Å². The highest BCUT2D eigenvalue weighted by molar-refractivity contribution is 5.65. The summed E-state index contributed by atoms with van der Waals surface area (Å²) in [6.45, 7) is 3.33. The van der Waals surface area contributed by atoms with Crippen LogP contribution in [0.4, 0.5) is 5.69 Å². The maximum Gasteiger partial charge on any atom is 0.118 e. The first-order valence-corrected chi connectivity index (χ1v) is 6.60. The SMILES string of the molecule is COc1ccc(C2(C)CN(C)c3ccccc32)cc1. The molecule has 0 aliphatic carbocycles. The molecular weight excluding hydrogens is 234 g/mol. The van der Waals surface area contributed by atoms with Crippen molar-refractivity contribution >= 4 is 5.69 Å². The zero-order valence-corrected chi connectivity index (χ0v) is 11.7. The largest absolute Gasteiger partial charge is 0.497 e. The molecule has 98 valence electrons. The molecule has 0 spiro atoms. The van der Waals surface area contributed by atoms with Gasteiger partial charge in [0.1, 0.15) is 5.75 Å². The highest BCUT2D eigenvalue weighted by Crippen LogP contribution is 2.44. The van der Waals surface area contributed by atoms with Gasteiger partial charge in [-0.3, -0.25) is 0 Å². The van der Waals surface area contributed by atoms with Crippen LogP contribution in [0.2, 0.25) is 0 Å². The highest BCUT2D eigenvalue weighted by atomic mass is 16.5. The number of ether oxygens (including phenoxy) is 1. The van der Waals surface area contributed by atoms with Gasteiger partial charge in [0.2, 0.25) is 0 Å². The van der Waals surface area contributed by atoms with Crippen LogP contribution in [0.3, 0.4) is 0 Å². The van der Waals surface area contributed by atoms with E-state index in [1.54, 1.807) is 7.11 Å². The molecule has 0 amide bonds. The van der Waals surface area contributed by atoms with Gasteiger partial charge < -0.3 is 9.64 Å². The average Bonchev–Trinajstić information content (AvgIpc) is 2.72. The summed E-state index contributed by atoms with van der Waals surface area (Å²) >= 11 is 0. The molecule has 2 aromatic carbocycles. The van der Waals surface area contributed by atoms with Crippen molar-refractivity contribution in [3.05, 3.63) is 59.7 Å². The lowest BCUT2D eigenvalue weighted by atomic mass is 9.78. The fourth-order valence-corrected chi connectivity index (χ4v) is 3.12. The lowest BCUT2D eigenvalue weighted by molar-refractivity contribution is 0.414. The lowest BCUT2D eigenvalue weighted by Crippen LogP contribution is -2.29. The number of benzene rings is 2. The summed E-state index contributed by atoms with van der Waals surface area (Å²) in [5.74, 6) is 0.909. The number of anilines is 1. The molecule has 1 aliphatic rings. The van der Waals surface area contributed by atoms with E-state index in [-0.39, 0.29) is 5.41 Å². The van der Waals surface area contributed by atoms with Crippen LogP contribution in [0, 0.1) is 0 Å². The maximum atomic E-state index is 5.24. The lowest BCUT2D eigenvalue weighted by Gasteiger charge is -2.26. The Morgan fingerprint density at radius 2 is 1.74 bits per heavy atom. The summed E-state index contributed by atoms with van der Waals surface area (Å²) in [7, 11) is 3.86. The quantitative estimate of drug-likeness (QED) is 0.812. The first-order chi connectivity index (χ1) is 9.15. The van der Waals surface area contributed by atoms with E-state index in [1.165, 1.54) is 16.8 Å². The summed E-state index contributed by atoms with van der Waals surface area (Å²) in [4.78, 5) is 2.33. The minimum Gasteiger partial charge on any atom is -0.497 e. The predicted octanol–water partition coefficient (Wildman–Crippen LogP) is 3.45. The van der Waals surface area contributed by atoms with Gasteiger partial charge >= 0.3 is 0 Å². The Hall–Kier alpha value is -1.96. The third-order valence-electron chi connectivity index (χ3n) is 4.19. The van der Waals surface area contributed by atoms with E-state index in [2.05, 4.69) is 55.3 Å². The van der Waals surface area contributed by atoms with E-state index in [9.17, 15) is 0 Å². The number of hydrogen-bond acceptors (Lipinski definition) is 2. The molecule has 0 aromatic heterocycles. The van der Waals surface area contributed by atoms with Crippen LogP contribution < -0.4 is 9.64 Å². The molecule has 0 N–H and O–H groups in total. The second-order valence-corrected chi connectivity index (χ2v) is 5.43. The van der Waals surface area contributed by atoms with Crippen molar-refractivity contribution in [2.45, 2.75) is 12.3 Å². The third kappa shape index (κ3) is 1.79. The molecule has 0 bridgehead atoms. The summed E-state index contributed by atoms with van der Waals surface area (Å²) in [6, 6.07) is 17.1. The molecule has 3 rings (SSSR count). The molecule has 0 radical (unpaired) electrons. The molecular formula is C17H19NO. The topological polar surface area (TPSA) is 12.5 Å². The summed E-state index contributed by atoms with van der Waals surface area (Å²) in [5, 5.41) is 0. The number of likely N-dealkylation sites (N-methyl/N-ethyl adjacent to an activating group) is 1. The normalized spacial score (nSPS) is 21.3. The summed E-state index contributed by atoms with van der Waals surface area (Å²) < 4.78 is 5.24. The monoisotopic (exact) mass is 253 g/mol. The van der Waals surface area contributed by atoms with Gasteiger partial charge in [0.25, 0.3) is 0 Å². The van der Waals surface area contributed by atoms with Gasteiger partial charge in [-0.1, -0.05) is 30.3 Å². The molecule has 0 fully saturated rings. The molecule has 19 heavy (non-hydrogen) atoms. The second kappa shape index (κ2) is 4.30. The molecule has 1 heterocycles. The summed E-state index contributed by atoms with van der Waals surface area (Å²) in [5.41, 5.74) is 4.13. The Morgan fingerprint density at radius 1 is 1.05 bits per heavy atom. The highest BCUT2D eigenvalue weighted by Gasteiger charge is 2.38. The molecule has 1 atom stereocenters. The van der Waals surface area contributed by atoms with Gasteiger partial charge in [0.15, 0.2) is 0 Å². The van der Waals surface area contributed by atoms with Crippen LogP contribution in [0.1, 0.15) is 18.1 Å². The van der Waals surface area contributed by atoms with Crippen molar-refractivity contribution in [3.63, 3.8) is 0 Å². The van der Waals surface area contributed by atoms with E-state index in [0.717, 1.165) is 12.3 Å². The van der Waals surface area contributed by atoms with Crippen molar-refractivity contribution in [3.8, 4) is 5.75 Å². The van der Waals surface area contributed by atoms with E-state index in [4.69, 9.17) is 4.74 Å². The van der Waals surface area contributed by atoms with Gasteiger partial charge in [0.05, 0.1) is 7.11 Å².